The lowest BCUT2D eigenvalue weighted by molar-refractivity contribution is 0.102. The van der Waals surface area contributed by atoms with Crippen LogP contribution in [-0.4, -0.2) is 30.5 Å². The summed E-state index contributed by atoms with van der Waals surface area (Å²) >= 11 is 0. The first kappa shape index (κ1) is 21.6. The van der Waals surface area contributed by atoms with Crippen LogP contribution in [0, 0.1) is 13.8 Å². The predicted molar refractivity (Wildman–Crippen MR) is 134 cm³/mol. The molecule has 5 rings (SSSR count). The molecular formula is C27H26N6O. The smallest absolute Gasteiger partial charge is 0.257 e. The van der Waals surface area contributed by atoms with E-state index in [9.17, 15) is 4.79 Å². The summed E-state index contributed by atoms with van der Waals surface area (Å²) in [6.45, 7) is 8.07. The number of benzene rings is 2. The van der Waals surface area contributed by atoms with Crippen LogP contribution in [0.2, 0.25) is 0 Å². The maximum Gasteiger partial charge on any atom is 0.257 e. The van der Waals surface area contributed by atoms with E-state index in [0.29, 0.717) is 22.4 Å². The number of aryl methyl sites for hydroxylation is 2. The third-order valence-electron chi connectivity index (χ3n) is 5.87. The summed E-state index contributed by atoms with van der Waals surface area (Å²) in [7, 11) is 0. The van der Waals surface area contributed by atoms with Gasteiger partial charge in [0.05, 0.1) is 28.5 Å². The third-order valence-corrected chi connectivity index (χ3v) is 5.87. The molecule has 0 saturated heterocycles. The van der Waals surface area contributed by atoms with Crippen molar-refractivity contribution in [1.82, 2.24) is 24.5 Å². The van der Waals surface area contributed by atoms with Crippen LogP contribution in [-0.2, 0) is 0 Å². The van der Waals surface area contributed by atoms with Gasteiger partial charge in [-0.1, -0.05) is 42.5 Å². The number of carbonyl (C=O) groups is 1. The van der Waals surface area contributed by atoms with E-state index < -0.39 is 0 Å². The highest BCUT2D eigenvalue weighted by molar-refractivity contribution is 6.12. The van der Waals surface area contributed by atoms with E-state index in [4.69, 9.17) is 4.98 Å². The Morgan fingerprint density at radius 3 is 2.44 bits per heavy atom. The summed E-state index contributed by atoms with van der Waals surface area (Å²) < 4.78 is 3.62. The van der Waals surface area contributed by atoms with Crippen molar-refractivity contribution in [3.8, 4) is 16.9 Å². The number of rotatable bonds is 5. The summed E-state index contributed by atoms with van der Waals surface area (Å²) in [5.74, 6) is 0.277. The molecule has 0 aliphatic carbocycles. The second-order valence-corrected chi connectivity index (χ2v) is 8.69. The molecule has 0 aliphatic heterocycles. The summed E-state index contributed by atoms with van der Waals surface area (Å²) in [5, 5.41) is 12.8. The number of fused-ring (bicyclic) bond motifs is 1. The largest absolute Gasteiger partial charge is 0.305 e. The zero-order valence-electron chi connectivity index (χ0n) is 19.6. The summed E-state index contributed by atoms with van der Waals surface area (Å²) in [6.07, 6.45) is 3.62. The molecule has 170 valence electrons. The Kier molecular flexibility index (Phi) is 5.45. The molecule has 1 amide bonds. The first-order valence-corrected chi connectivity index (χ1v) is 11.3. The molecule has 7 nitrogen and oxygen atoms in total. The fraction of sp³-hybridized carbons (Fsp3) is 0.185. The molecule has 0 fully saturated rings. The minimum absolute atomic E-state index is 0.108. The minimum Gasteiger partial charge on any atom is -0.305 e. The van der Waals surface area contributed by atoms with Crippen LogP contribution in [0.15, 0.2) is 73.1 Å². The van der Waals surface area contributed by atoms with Crippen LogP contribution in [0.5, 0.6) is 0 Å². The van der Waals surface area contributed by atoms with E-state index in [0.717, 1.165) is 28.1 Å². The lowest BCUT2D eigenvalue weighted by Crippen LogP contribution is -2.14. The molecule has 3 aromatic heterocycles. The molecule has 0 saturated carbocycles. The van der Waals surface area contributed by atoms with Crippen LogP contribution in [0.3, 0.4) is 0 Å². The number of carbonyl (C=O) groups excluding carboxylic acids is 1. The topological polar surface area (TPSA) is 77.6 Å². The van der Waals surface area contributed by atoms with Gasteiger partial charge in [-0.05, 0) is 51.5 Å². The van der Waals surface area contributed by atoms with Crippen LogP contribution < -0.4 is 5.32 Å². The SMILES string of the molecule is Cc1ccccc1-c1cc(C(=O)Nc2nn(-c3ccccc3)cc2C)c2cnn(C(C)C)c2n1. The highest BCUT2D eigenvalue weighted by Crippen LogP contribution is 2.29. The normalized spacial score (nSPS) is 11.3. The van der Waals surface area contributed by atoms with Crippen molar-refractivity contribution < 1.29 is 4.79 Å². The Hall–Kier alpha value is -4.26. The van der Waals surface area contributed by atoms with Gasteiger partial charge < -0.3 is 5.32 Å². The molecule has 2 aromatic carbocycles. The summed E-state index contributed by atoms with van der Waals surface area (Å²) in [5.41, 5.74) is 5.83. The predicted octanol–water partition coefficient (Wildman–Crippen LogP) is 5.73. The zero-order valence-corrected chi connectivity index (χ0v) is 19.6. The number of aromatic nitrogens is 5. The quantitative estimate of drug-likeness (QED) is 0.371. The second-order valence-electron chi connectivity index (χ2n) is 8.69. The summed E-state index contributed by atoms with van der Waals surface area (Å²) in [6, 6.07) is 19.8. The first-order valence-electron chi connectivity index (χ1n) is 11.3. The van der Waals surface area contributed by atoms with Gasteiger partial charge in [0.15, 0.2) is 11.5 Å². The van der Waals surface area contributed by atoms with Gasteiger partial charge in [0.1, 0.15) is 0 Å². The molecule has 0 radical (unpaired) electrons. The van der Waals surface area contributed by atoms with Gasteiger partial charge in [0.25, 0.3) is 5.91 Å². The maximum atomic E-state index is 13.5. The lowest BCUT2D eigenvalue weighted by Gasteiger charge is -2.12. The van der Waals surface area contributed by atoms with E-state index in [1.54, 1.807) is 10.9 Å². The molecule has 0 atom stereocenters. The lowest BCUT2D eigenvalue weighted by atomic mass is 10.0. The van der Waals surface area contributed by atoms with E-state index >= 15 is 0 Å². The molecule has 7 heteroatoms. The van der Waals surface area contributed by atoms with Gasteiger partial charge in [-0.2, -0.15) is 5.10 Å². The third kappa shape index (κ3) is 3.85. The second kappa shape index (κ2) is 8.59. The van der Waals surface area contributed by atoms with Gasteiger partial charge >= 0.3 is 0 Å². The van der Waals surface area contributed by atoms with Crippen molar-refractivity contribution in [1.29, 1.82) is 0 Å². The number of anilines is 1. The van der Waals surface area contributed by atoms with Gasteiger partial charge in [-0.15, -0.1) is 5.10 Å². The van der Waals surface area contributed by atoms with Crippen LogP contribution in [0.4, 0.5) is 5.82 Å². The van der Waals surface area contributed by atoms with Crippen molar-refractivity contribution in [2.24, 2.45) is 0 Å². The fourth-order valence-corrected chi connectivity index (χ4v) is 4.05. The van der Waals surface area contributed by atoms with Crippen LogP contribution in [0.25, 0.3) is 28.0 Å². The molecule has 34 heavy (non-hydrogen) atoms. The van der Waals surface area contributed by atoms with Crippen molar-refractivity contribution in [2.45, 2.75) is 33.7 Å². The monoisotopic (exact) mass is 450 g/mol. The van der Waals surface area contributed by atoms with E-state index in [-0.39, 0.29) is 11.9 Å². The minimum atomic E-state index is -0.244. The number of hydrogen-bond acceptors (Lipinski definition) is 4. The molecule has 3 heterocycles. The van der Waals surface area contributed by atoms with E-state index in [2.05, 4.69) is 15.5 Å². The van der Waals surface area contributed by atoms with Gasteiger partial charge in [-0.25, -0.2) is 14.3 Å². The molecule has 0 unspecified atom stereocenters. The number of amides is 1. The molecule has 0 spiro atoms. The van der Waals surface area contributed by atoms with Crippen molar-refractivity contribution in [2.75, 3.05) is 5.32 Å². The maximum absolute atomic E-state index is 13.5. The highest BCUT2D eigenvalue weighted by Gasteiger charge is 2.20. The number of nitrogens with zero attached hydrogens (tertiary/aromatic N) is 5. The van der Waals surface area contributed by atoms with E-state index in [1.165, 1.54) is 0 Å². The average molecular weight is 451 g/mol. The number of hydrogen-bond donors (Lipinski definition) is 1. The number of nitrogens with one attached hydrogen (secondary N) is 1. The van der Waals surface area contributed by atoms with Gasteiger partial charge in [-0.3, -0.25) is 4.79 Å². The zero-order chi connectivity index (χ0) is 23.8. The van der Waals surface area contributed by atoms with Crippen molar-refractivity contribution in [3.63, 3.8) is 0 Å². The number of pyridine rings is 1. The molecular weight excluding hydrogens is 424 g/mol. The van der Waals surface area contributed by atoms with Crippen molar-refractivity contribution in [3.05, 3.63) is 89.7 Å². The molecule has 0 bridgehead atoms. The van der Waals surface area contributed by atoms with Crippen LogP contribution in [0.1, 0.15) is 41.4 Å². The Labute approximate surface area is 198 Å². The Balaban J connectivity index is 1.59. The highest BCUT2D eigenvalue weighted by atomic mass is 16.1. The Morgan fingerprint density at radius 1 is 0.971 bits per heavy atom. The molecule has 0 aliphatic rings. The molecule has 1 N–H and O–H groups in total. The van der Waals surface area contributed by atoms with Gasteiger partial charge in [0.2, 0.25) is 0 Å². The number of para-hydroxylation sites is 1. The van der Waals surface area contributed by atoms with Crippen LogP contribution >= 0.6 is 0 Å². The van der Waals surface area contributed by atoms with Gasteiger partial charge in [0, 0.05) is 23.4 Å². The Bertz CT molecular complexity index is 1500. The summed E-state index contributed by atoms with van der Waals surface area (Å²) in [4.78, 5) is 18.4. The molecule has 5 aromatic rings. The fourth-order valence-electron chi connectivity index (χ4n) is 4.05. The van der Waals surface area contributed by atoms with E-state index in [1.807, 2.05) is 99.2 Å². The average Bonchev–Trinajstić information content (AvgIpc) is 3.43. The first-order chi connectivity index (χ1) is 16.4. The standard InChI is InChI=1S/C27H26N6O/c1-17(2)33-26-23(15-28-33)22(14-24(29-26)21-13-9-8-10-18(21)3)27(34)30-25-19(4)16-32(31-25)20-11-6-5-7-12-20/h5-17H,1-4H3,(H,30,31,34). The van der Waals surface area contributed by atoms with Crippen molar-refractivity contribution >= 4 is 22.8 Å². The Morgan fingerprint density at radius 2 is 1.71 bits per heavy atom.